The minimum atomic E-state index is 0.699. The van der Waals surface area contributed by atoms with Gasteiger partial charge in [0.1, 0.15) is 0 Å². The molecule has 0 amide bonds. The van der Waals surface area contributed by atoms with E-state index in [4.69, 9.17) is 11.6 Å². The van der Waals surface area contributed by atoms with E-state index in [1.807, 2.05) is 29.5 Å². The first kappa shape index (κ1) is 14.1. The number of nitrogens with zero attached hydrogens (tertiary/aromatic N) is 4. The molecule has 0 spiro atoms. The number of halogens is 1. The van der Waals surface area contributed by atoms with Crippen molar-refractivity contribution in [3.05, 3.63) is 34.6 Å². The fourth-order valence-corrected chi connectivity index (χ4v) is 2.26. The van der Waals surface area contributed by atoms with Crippen molar-refractivity contribution in [3.63, 3.8) is 0 Å². The summed E-state index contributed by atoms with van der Waals surface area (Å²) in [7, 11) is 1.91. The predicted molar refractivity (Wildman–Crippen MR) is 76.5 cm³/mol. The second-order valence-electron chi connectivity index (χ2n) is 4.61. The molecule has 0 saturated heterocycles. The number of hydrogen-bond acceptors (Lipinski definition) is 3. The van der Waals surface area contributed by atoms with E-state index < -0.39 is 0 Å². The van der Waals surface area contributed by atoms with Crippen molar-refractivity contribution in [3.8, 4) is 0 Å². The second-order valence-corrected chi connectivity index (χ2v) is 4.99. The minimum absolute atomic E-state index is 0.699. The Morgan fingerprint density at radius 3 is 2.84 bits per heavy atom. The van der Waals surface area contributed by atoms with Gasteiger partial charge < -0.3 is 9.88 Å². The fraction of sp³-hybridized carbons (Fsp3) is 0.538. The summed E-state index contributed by atoms with van der Waals surface area (Å²) in [6.07, 6.45) is 4.86. The number of imidazole rings is 1. The molecule has 0 aromatic carbocycles. The Morgan fingerprint density at radius 1 is 1.42 bits per heavy atom. The van der Waals surface area contributed by atoms with Crippen LogP contribution in [-0.4, -0.2) is 32.4 Å². The van der Waals surface area contributed by atoms with Gasteiger partial charge in [-0.25, -0.2) is 4.98 Å². The maximum absolute atomic E-state index is 6.25. The van der Waals surface area contributed by atoms with Crippen molar-refractivity contribution in [2.45, 2.75) is 26.8 Å². The molecule has 0 aliphatic carbocycles. The fourth-order valence-electron chi connectivity index (χ4n) is 2.04. The number of nitrogens with one attached hydrogen (secondary N) is 1. The lowest BCUT2D eigenvalue weighted by Crippen LogP contribution is -2.16. The van der Waals surface area contributed by atoms with Crippen molar-refractivity contribution in [1.82, 2.24) is 24.6 Å². The van der Waals surface area contributed by atoms with Crippen LogP contribution in [0.15, 0.2) is 12.5 Å². The predicted octanol–water partition coefficient (Wildman–Crippen LogP) is 1.78. The Balaban J connectivity index is 2.03. The van der Waals surface area contributed by atoms with Crippen LogP contribution in [0.2, 0.25) is 5.02 Å². The van der Waals surface area contributed by atoms with Gasteiger partial charge in [0, 0.05) is 26.2 Å². The Morgan fingerprint density at radius 2 is 2.21 bits per heavy atom. The summed E-state index contributed by atoms with van der Waals surface area (Å²) in [6, 6.07) is 0. The van der Waals surface area contributed by atoms with Crippen LogP contribution in [0.3, 0.4) is 0 Å². The van der Waals surface area contributed by atoms with Crippen LogP contribution in [0.5, 0.6) is 0 Å². The van der Waals surface area contributed by atoms with Crippen LogP contribution in [0.25, 0.3) is 0 Å². The maximum atomic E-state index is 6.25. The molecule has 0 radical (unpaired) electrons. The smallest absolute Gasteiger partial charge is 0.0953 e. The third kappa shape index (κ3) is 3.36. The number of hydrogen-bond donors (Lipinski definition) is 1. The molecule has 0 bridgehead atoms. The van der Waals surface area contributed by atoms with E-state index in [2.05, 4.69) is 28.5 Å². The number of aromatic nitrogens is 4. The van der Waals surface area contributed by atoms with Gasteiger partial charge in [0.2, 0.25) is 0 Å². The van der Waals surface area contributed by atoms with Crippen LogP contribution in [0.4, 0.5) is 0 Å². The van der Waals surface area contributed by atoms with Crippen molar-refractivity contribution in [2.75, 3.05) is 13.1 Å². The highest BCUT2D eigenvalue weighted by atomic mass is 35.5. The standard InChI is InChI=1S/C13H20ClN5/c1-4-15-6-5-11-7-19(9-16-11)8-12-13(14)10(2)17-18(12)3/h7,9,15H,4-6,8H2,1-3H3. The molecule has 0 atom stereocenters. The first-order chi connectivity index (χ1) is 9.11. The molecular formula is C13H20ClN5. The topological polar surface area (TPSA) is 47.7 Å². The molecule has 0 aliphatic rings. The molecule has 104 valence electrons. The highest BCUT2D eigenvalue weighted by Gasteiger charge is 2.11. The molecule has 2 heterocycles. The molecule has 1 N–H and O–H groups in total. The summed E-state index contributed by atoms with van der Waals surface area (Å²) in [5.74, 6) is 0. The van der Waals surface area contributed by atoms with Gasteiger partial charge in [-0.15, -0.1) is 0 Å². The van der Waals surface area contributed by atoms with Gasteiger partial charge in [-0.05, 0) is 13.5 Å². The van der Waals surface area contributed by atoms with Crippen molar-refractivity contribution >= 4 is 11.6 Å². The van der Waals surface area contributed by atoms with Crippen molar-refractivity contribution in [2.24, 2.45) is 7.05 Å². The molecule has 0 saturated carbocycles. The molecule has 5 nitrogen and oxygen atoms in total. The zero-order valence-electron chi connectivity index (χ0n) is 11.6. The second kappa shape index (κ2) is 6.21. The molecular weight excluding hydrogens is 262 g/mol. The third-order valence-corrected chi connectivity index (χ3v) is 3.58. The van der Waals surface area contributed by atoms with Crippen LogP contribution in [-0.2, 0) is 20.0 Å². The Bertz CT molecular complexity index is 543. The SMILES string of the molecule is CCNCCc1cn(Cc2c(Cl)c(C)nn2C)cn1. The Labute approximate surface area is 118 Å². The quantitative estimate of drug-likeness (QED) is 0.821. The van der Waals surface area contributed by atoms with E-state index in [-0.39, 0.29) is 0 Å². The van der Waals surface area contributed by atoms with E-state index in [9.17, 15) is 0 Å². The van der Waals surface area contributed by atoms with E-state index in [0.29, 0.717) is 6.54 Å². The summed E-state index contributed by atoms with van der Waals surface area (Å²) in [5.41, 5.74) is 2.97. The van der Waals surface area contributed by atoms with Crippen LogP contribution in [0, 0.1) is 6.92 Å². The van der Waals surface area contributed by atoms with Crippen molar-refractivity contribution in [1.29, 1.82) is 0 Å². The van der Waals surface area contributed by atoms with E-state index in [1.54, 1.807) is 0 Å². The van der Waals surface area contributed by atoms with Crippen LogP contribution in [0.1, 0.15) is 24.0 Å². The molecule has 19 heavy (non-hydrogen) atoms. The summed E-state index contributed by atoms with van der Waals surface area (Å²) < 4.78 is 3.87. The number of rotatable bonds is 6. The lowest BCUT2D eigenvalue weighted by Gasteiger charge is -2.03. The number of aryl methyl sites for hydroxylation is 2. The molecule has 0 aliphatic heterocycles. The average molecular weight is 282 g/mol. The van der Waals surface area contributed by atoms with Gasteiger partial charge in [0.25, 0.3) is 0 Å². The monoisotopic (exact) mass is 281 g/mol. The average Bonchev–Trinajstić information content (AvgIpc) is 2.91. The van der Waals surface area contributed by atoms with Gasteiger partial charge in [-0.2, -0.15) is 5.10 Å². The summed E-state index contributed by atoms with van der Waals surface area (Å²) in [5, 5.41) is 8.35. The van der Waals surface area contributed by atoms with Gasteiger partial charge in [-0.1, -0.05) is 18.5 Å². The van der Waals surface area contributed by atoms with Gasteiger partial charge in [0.15, 0.2) is 0 Å². The zero-order valence-corrected chi connectivity index (χ0v) is 12.4. The summed E-state index contributed by atoms with van der Waals surface area (Å²) in [6.45, 7) is 6.67. The van der Waals surface area contributed by atoms with Gasteiger partial charge in [0.05, 0.1) is 35.0 Å². The summed E-state index contributed by atoms with van der Waals surface area (Å²) in [4.78, 5) is 4.40. The normalized spacial score (nSPS) is 11.2. The molecule has 2 aromatic rings. The van der Waals surface area contributed by atoms with E-state index in [0.717, 1.165) is 41.6 Å². The highest BCUT2D eigenvalue weighted by molar-refractivity contribution is 6.31. The Kier molecular flexibility index (Phi) is 4.61. The molecule has 2 aromatic heterocycles. The maximum Gasteiger partial charge on any atom is 0.0953 e. The molecule has 2 rings (SSSR count). The highest BCUT2D eigenvalue weighted by Crippen LogP contribution is 2.20. The molecule has 6 heteroatoms. The minimum Gasteiger partial charge on any atom is -0.331 e. The van der Waals surface area contributed by atoms with Crippen LogP contribution < -0.4 is 5.32 Å². The largest absolute Gasteiger partial charge is 0.331 e. The lowest BCUT2D eigenvalue weighted by molar-refractivity contribution is 0.662. The third-order valence-electron chi connectivity index (χ3n) is 3.09. The van der Waals surface area contributed by atoms with E-state index in [1.165, 1.54) is 0 Å². The van der Waals surface area contributed by atoms with Gasteiger partial charge >= 0.3 is 0 Å². The first-order valence-corrected chi connectivity index (χ1v) is 6.89. The van der Waals surface area contributed by atoms with Gasteiger partial charge in [-0.3, -0.25) is 4.68 Å². The summed E-state index contributed by atoms with van der Waals surface area (Å²) >= 11 is 6.25. The zero-order chi connectivity index (χ0) is 13.8. The molecule has 0 fully saturated rings. The molecule has 0 unspecified atom stereocenters. The first-order valence-electron chi connectivity index (χ1n) is 6.51. The van der Waals surface area contributed by atoms with E-state index >= 15 is 0 Å². The van der Waals surface area contributed by atoms with Crippen molar-refractivity contribution < 1.29 is 0 Å². The lowest BCUT2D eigenvalue weighted by atomic mass is 10.3. The Hall–Kier alpha value is -1.33. The van der Waals surface area contributed by atoms with Crippen LogP contribution >= 0.6 is 11.6 Å². The number of likely N-dealkylation sites (N-methyl/N-ethyl adjacent to an activating group) is 1.